The number of hydrogen-bond acceptors (Lipinski definition) is 5. The molecule has 144 valence electrons. The van der Waals surface area contributed by atoms with Crippen molar-refractivity contribution in [3.05, 3.63) is 48.5 Å². The number of nitrogens with one attached hydrogen (secondary N) is 1. The molecule has 0 bridgehead atoms. The number of ether oxygens (including phenoxy) is 2. The summed E-state index contributed by atoms with van der Waals surface area (Å²) in [6.45, 7) is 0.822. The van der Waals surface area contributed by atoms with E-state index in [2.05, 4.69) is 5.32 Å². The first kappa shape index (κ1) is 19.0. The van der Waals surface area contributed by atoms with Gasteiger partial charge in [-0.15, -0.1) is 0 Å². The predicted octanol–water partition coefficient (Wildman–Crippen LogP) is 2.63. The maximum absolute atomic E-state index is 12.4. The molecule has 0 spiro atoms. The Morgan fingerprint density at radius 2 is 1.81 bits per heavy atom. The highest BCUT2D eigenvalue weighted by molar-refractivity contribution is 5.89. The summed E-state index contributed by atoms with van der Waals surface area (Å²) in [7, 11) is 5.41. The highest BCUT2D eigenvalue weighted by Gasteiger charge is 2.35. The van der Waals surface area contributed by atoms with Gasteiger partial charge in [0.25, 0.3) is 0 Å². The van der Waals surface area contributed by atoms with Crippen LogP contribution in [0.25, 0.3) is 0 Å². The molecular formula is C20H25N3O4. The zero-order valence-corrected chi connectivity index (χ0v) is 15.8. The average Bonchev–Trinajstić information content (AvgIpc) is 3.06. The number of methoxy groups -OCH3 is 1. The van der Waals surface area contributed by atoms with Gasteiger partial charge >= 0.3 is 6.03 Å². The van der Waals surface area contributed by atoms with Gasteiger partial charge in [-0.25, -0.2) is 4.79 Å². The van der Waals surface area contributed by atoms with Gasteiger partial charge in [0.1, 0.15) is 17.2 Å². The number of carbonyl (C=O) groups is 1. The number of aliphatic hydroxyl groups is 1. The zero-order valence-electron chi connectivity index (χ0n) is 15.8. The highest BCUT2D eigenvalue weighted by atomic mass is 16.5. The minimum Gasteiger partial charge on any atom is -0.497 e. The molecule has 0 saturated carbocycles. The summed E-state index contributed by atoms with van der Waals surface area (Å²) < 4.78 is 11.0. The van der Waals surface area contributed by atoms with Crippen molar-refractivity contribution in [1.82, 2.24) is 9.80 Å². The summed E-state index contributed by atoms with van der Waals surface area (Å²) >= 11 is 0. The summed E-state index contributed by atoms with van der Waals surface area (Å²) in [6.07, 6.45) is -0.538. The fourth-order valence-corrected chi connectivity index (χ4v) is 3.05. The van der Waals surface area contributed by atoms with E-state index in [0.29, 0.717) is 30.3 Å². The fraction of sp³-hybridized carbons (Fsp3) is 0.350. The maximum atomic E-state index is 12.4. The molecule has 0 aliphatic carbocycles. The number of aliphatic hydroxyl groups excluding tert-OH is 1. The second-order valence-electron chi connectivity index (χ2n) is 6.74. The molecule has 1 fully saturated rings. The summed E-state index contributed by atoms with van der Waals surface area (Å²) in [6, 6.07) is 14.2. The van der Waals surface area contributed by atoms with Crippen molar-refractivity contribution in [2.75, 3.05) is 39.6 Å². The lowest BCUT2D eigenvalue weighted by atomic mass is 10.2. The Hall–Kier alpha value is -2.77. The molecule has 0 unspecified atom stereocenters. The van der Waals surface area contributed by atoms with Gasteiger partial charge in [0.05, 0.1) is 25.8 Å². The smallest absolute Gasteiger partial charge is 0.321 e. The SMILES string of the molecule is COc1cccc(Oc2ccc(NC(=O)N3C[C@H](O)[C@@H](N(C)C)C3)cc2)c1. The van der Waals surface area contributed by atoms with Crippen LogP contribution in [0.5, 0.6) is 17.2 Å². The number of anilines is 1. The first-order valence-electron chi connectivity index (χ1n) is 8.78. The number of benzene rings is 2. The second-order valence-corrected chi connectivity index (χ2v) is 6.74. The minimum absolute atomic E-state index is 0.0469. The number of amides is 2. The Labute approximate surface area is 159 Å². The molecule has 2 atom stereocenters. The normalized spacial score (nSPS) is 19.2. The third-order valence-corrected chi connectivity index (χ3v) is 4.59. The molecular weight excluding hydrogens is 346 g/mol. The highest BCUT2D eigenvalue weighted by Crippen LogP contribution is 2.26. The van der Waals surface area contributed by atoms with Crippen LogP contribution in [0.2, 0.25) is 0 Å². The number of urea groups is 1. The molecule has 0 radical (unpaired) electrons. The van der Waals surface area contributed by atoms with E-state index in [1.165, 1.54) is 0 Å². The largest absolute Gasteiger partial charge is 0.497 e. The van der Waals surface area contributed by atoms with E-state index in [1.54, 1.807) is 42.3 Å². The molecule has 2 amide bonds. The van der Waals surface area contributed by atoms with E-state index < -0.39 is 6.10 Å². The lowest BCUT2D eigenvalue weighted by Crippen LogP contribution is -2.38. The molecule has 2 N–H and O–H groups in total. The zero-order chi connectivity index (χ0) is 19.4. The Morgan fingerprint density at radius 3 is 2.44 bits per heavy atom. The molecule has 0 aromatic heterocycles. The van der Waals surface area contributed by atoms with E-state index in [1.807, 2.05) is 37.2 Å². The molecule has 1 heterocycles. The van der Waals surface area contributed by atoms with Gasteiger partial charge < -0.3 is 29.7 Å². The molecule has 1 saturated heterocycles. The van der Waals surface area contributed by atoms with Gasteiger partial charge in [0, 0.05) is 18.3 Å². The Morgan fingerprint density at radius 1 is 1.11 bits per heavy atom. The van der Waals surface area contributed by atoms with Gasteiger partial charge in [-0.2, -0.15) is 0 Å². The van der Waals surface area contributed by atoms with Gasteiger partial charge in [-0.1, -0.05) is 6.07 Å². The van der Waals surface area contributed by atoms with Crippen LogP contribution >= 0.6 is 0 Å². The third-order valence-electron chi connectivity index (χ3n) is 4.59. The van der Waals surface area contributed by atoms with Gasteiger partial charge in [0.15, 0.2) is 0 Å². The first-order chi connectivity index (χ1) is 13.0. The molecule has 3 rings (SSSR count). The molecule has 1 aliphatic rings. The third kappa shape index (κ3) is 4.69. The van der Waals surface area contributed by atoms with Crippen molar-refractivity contribution < 1.29 is 19.4 Å². The van der Waals surface area contributed by atoms with Crippen LogP contribution in [-0.2, 0) is 0 Å². The van der Waals surface area contributed by atoms with Gasteiger partial charge in [-0.05, 0) is 50.5 Å². The predicted molar refractivity (Wildman–Crippen MR) is 104 cm³/mol. The van der Waals surface area contributed by atoms with Crippen molar-refractivity contribution >= 4 is 11.7 Å². The van der Waals surface area contributed by atoms with E-state index >= 15 is 0 Å². The molecule has 7 heteroatoms. The van der Waals surface area contributed by atoms with Crippen molar-refractivity contribution in [2.24, 2.45) is 0 Å². The number of carbonyl (C=O) groups excluding carboxylic acids is 1. The van der Waals surface area contributed by atoms with Crippen LogP contribution in [0.3, 0.4) is 0 Å². The van der Waals surface area contributed by atoms with Crippen LogP contribution in [0, 0.1) is 0 Å². The Balaban J connectivity index is 1.58. The number of rotatable bonds is 5. The van der Waals surface area contributed by atoms with Crippen LogP contribution in [0.1, 0.15) is 0 Å². The summed E-state index contributed by atoms with van der Waals surface area (Å²) in [4.78, 5) is 16.0. The molecule has 27 heavy (non-hydrogen) atoms. The van der Waals surface area contributed by atoms with Gasteiger partial charge in [-0.3, -0.25) is 0 Å². The van der Waals surface area contributed by atoms with Crippen LogP contribution in [0.15, 0.2) is 48.5 Å². The monoisotopic (exact) mass is 371 g/mol. The number of nitrogens with zero attached hydrogens (tertiary/aromatic N) is 2. The fourth-order valence-electron chi connectivity index (χ4n) is 3.05. The van der Waals surface area contributed by atoms with Gasteiger partial charge in [0.2, 0.25) is 0 Å². The molecule has 1 aliphatic heterocycles. The number of likely N-dealkylation sites (tertiary alicyclic amines) is 1. The minimum atomic E-state index is -0.538. The summed E-state index contributed by atoms with van der Waals surface area (Å²) in [5, 5.41) is 12.9. The van der Waals surface area contributed by atoms with Crippen molar-refractivity contribution in [1.29, 1.82) is 0 Å². The molecule has 2 aromatic carbocycles. The first-order valence-corrected chi connectivity index (χ1v) is 8.78. The van der Waals surface area contributed by atoms with Crippen molar-refractivity contribution in [2.45, 2.75) is 12.1 Å². The second kappa shape index (κ2) is 8.28. The standard InChI is InChI=1S/C20H25N3O4/c1-22(2)18-12-23(13-19(18)24)20(25)21-14-7-9-15(10-8-14)27-17-6-4-5-16(11-17)26-3/h4-11,18-19,24H,12-13H2,1-3H3,(H,21,25)/t18-,19-/m0/s1. The summed E-state index contributed by atoms with van der Waals surface area (Å²) in [5.41, 5.74) is 0.667. The van der Waals surface area contributed by atoms with E-state index in [-0.39, 0.29) is 12.1 Å². The Kier molecular flexibility index (Phi) is 5.83. The summed E-state index contributed by atoms with van der Waals surface area (Å²) in [5.74, 6) is 2.05. The van der Waals surface area contributed by atoms with Crippen LogP contribution in [-0.4, -0.2) is 67.4 Å². The lowest BCUT2D eigenvalue weighted by Gasteiger charge is -2.21. The van der Waals surface area contributed by atoms with E-state index in [0.717, 1.165) is 5.75 Å². The molecule has 7 nitrogen and oxygen atoms in total. The number of likely N-dealkylation sites (N-methyl/N-ethyl adjacent to an activating group) is 1. The average molecular weight is 371 g/mol. The molecule has 2 aromatic rings. The number of β-amino-alcohol motifs (C(OH)–C–C–N with tert-alkyl or cyclic N) is 1. The van der Waals surface area contributed by atoms with Crippen molar-refractivity contribution in [3.8, 4) is 17.2 Å². The van der Waals surface area contributed by atoms with E-state index in [9.17, 15) is 9.90 Å². The van der Waals surface area contributed by atoms with Crippen LogP contribution in [0.4, 0.5) is 10.5 Å². The number of hydrogen-bond donors (Lipinski definition) is 2. The van der Waals surface area contributed by atoms with Crippen LogP contribution < -0.4 is 14.8 Å². The quantitative estimate of drug-likeness (QED) is 0.845. The Bertz CT molecular complexity index is 779. The maximum Gasteiger partial charge on any atom is 0.321 e. The van der Waals surface area contributed by atoms with E-state index in [4.69, 9.17) is 9.47 Å². The lowest BCUT2D eigenvalue weighted by molar-refractivity contribution is 0.113. The topological polar surface area (TPSA) is 74.3 Å². The van der Waals surface area contributed by atoms with Crippen molar-refractivity contribution in [3.63, 3.8) is 0 Å².